The van der Waals surface area contributed by atoms with Crippen LogP contribution in [0.5, 0.6) is 0 Å². The van der Waals surface area contributed by atoms with E-state index >= 15 is 0 Å². The van der Waals surface area contributed by atoms with E-state index < -0.39 is 27.3 Å². The average molecular weight is 537 g/mol. The summed E-state index contributed by atoms with van der Waals surface area (Å²) in [4.78, 5) is 31.3. The summed E-state index contributed by atoms with van der Waals surface area (Å²) in [7, 11) is -3.71. The van der Waals surface area contributed by atoms with Gasteiger partial charge in [0, 0.05) is 24.3 Å². The second kappa shape index (κ2) is 9.02. The van der Waals surface area contributed by atoms with Gasteiger partial charge in [-0.15, -0.1) is 5.10 Å². The quantitative estimate of drug-likeness (QED) is 0.351. The normalized spacial score (nSPS) is 12.6. The van der Waals surface area contributed by atoms with Crippen molar-refractivity contribution in [2.24, 2.45) is 0 Å². The van der Waals surface area contributed by atoms with Crippen molar-refractivity contribution in [1.82, 2.24) is 24.5 Å². The Kier molecular flexibility index (Phi) is 5.97. The van der Waals surface area contributed by atoms with Crippen LogP contribution in [-0.4, -0.2) is 39.7 Å². The molecule has 37 heavy (non-hydrogen) atoms. The smallest absolute Gasteiger partial charge is 0.264 e. The molecule has 0 radical (unpaired) electrons. The predicted molar refractivity (Wildman–Crippen MR) is 141 cm³/mol. The number of sulfone groups is 1. The van der Waals surface area contributed by atoms with Gasteiger partial charge in [-0.3, -0.25) is 14.2 Å². The Bertz CT molecular complexity index is 1880. The highest BCUT2D eigenvalue weighted by Crippen LogP contribution is 2.28. The third-order valence-electron chi connectivity index (χ3n) is 5.97. The highest BCUT2D eigenvalue weighted by Gasteiger charge is 2.25. The zero-order chi connectivity index (χ0) is 26.5. The van der Waals surface area contributed by atoms with Crippen LogP contribution < -0.4 is 16.6 Å². The Hall–Kier alpha value is -4.22. The Labute approximate surface area is 216 Å². The summed E-state index contributed by atoms with van der Waals surface area (Å²) < 4.78 is 27.9. The maximum absolute atomic E-state index is 13.8. The van der Waals surface area contributed by atoms with Crippen LogP contribution in [0.15, 0.2) is 76.7 Å². The Morgan fingerprint density at radius 3 is 2.65 bits per heavy atom. The summed E-state index contributed by atoms with van der Waals surface area (Å²) in [5.74, 6) is -0.561. The second-order valence-electron chi connectivity index (χ2n) is 8.50. The number of halogens is 1. The number of carbonyl (C=O) groups excluding carboxylic acids is 1. The summed E-state index contributed by atoms with van der Waals surface area (Å²) in [5.41, 5.74) is 6.32. The zero-order valence-corrected chi connectivity index (χ0v) is 21.3. The Morgan fingerprint density at radius 2 is 1.89 bits per heavy atom. The first kappa shape index (κ1) is 24.5. The van der Waals surface area contributed by atoms with Gasteiger partial charge in [-0.1, -0.05) is 35.9 Å². The molecule has 3 N–H and O–H groups in total. The lowest BCUT2D eigenvalue weighted by Gasteiger charge is -2.22. The number of carbonyl (C=O) groups is 1. The van der Waals surface area contributed by atoms with Gasteiger partial charge in [0.05, 0.1) is 27.0 Å². The molecule has 10 nitrogen and oxygen atoms in total. The highest BCUT2D eigenvalue weighted by atomic mass is 35.5. The lowest BCUT2D eigenvalue weighted by Crippen LogP contribution is -2.33. The van der Waals surface area contributed by atoms with Gasteiger partial charge in [0.1, 0.15) is 5.56 Å². The monoisotopic (exact) mass is 536 g/mol. The van der Waals surface area contributed by atoms with Gasteiger partial charge in [-0.05, 0) is 42.6 Å². The maximum Gasteiger partial charge on any atom is 0.264 e. The molecule has 0 saturated carbocycles. The Morgan fingerprint density at radius 1 is 1.14 bits per heavy atom. The van der Waals surface area contributed by atoms with Gasteiger partial charge in [-0.2, -0.15) is 0 Å². The fraction of sp³-hybridized carbons (Fsp3) is 0.120. The molecule has 0 saturated heterocycles. The molecule has 5 aromatic rings. The number of anilines is 1. The number of pyridine rings is 1. The number of nitrogens with zero attached hydrogens (tertiary/aromatic N) is 4. The van der Waals surface area contributed by atoms with E-state index in [1.54, 1.807) is 55.6 Å². The summed E-state index contributed by atoms with van der Waals surface area (Å²) in [5, 5.41) is 7.96. The number of hydrogen-bond donors (Lipinski definition) is 2. The summed E-state index contributed by atoms with van der Waals surface area (Å²) in [6, 6.07) is 13.8. The van der Waals surface area contributed by atoms with Crippen molar-refractivity contribution in [3.05, 3.63) is 93.6 Å². The first-order valence-corrected chi connectivity index (χ1v) is 13.4. The van der Waals surface area contributed by atoms with Crippen molar-refractivity contribution in [3.8, 4) is 5.69 Å². The first-order chi connectivity index (χ1) is 17.6. The lowest BCUT2D eigenvalue weighted by atomic mass is 10.1. The fourth-order valence-corrected chi connectivity index (χ4v) is 5.45. The van der Waals surface area contributed by atoms with Gasteiger partial charge in [0.15, 0.2) is 21.3 Å². The summed E-state index contributed by atoms with van der Waals surface area (Å²) >= 11 is 6.38. The van der Waals surface area contributed by atoms with Crippen LogP contribution in [0.25, 0.3) is 22.1 Å². The van der Waals surface area contributed by atoms with E-state index in [9.17, 15) is 18.0 Å². The van der Waals surface area contributed by atoms with Gasteiger partial charge in [-0.25, -0.2) is 17.9 Å². The topological polar surface area (TPSA) is 141 Å². The molecule has 2 aromatic carbocycles. The first-order valence-electron chi connectivity index (χ1n) is 11.1. The SMILES string of the molecule is CC(NC(=O)c1c(N)nn2cccnc12)c1cc2cccc(Cl)c2c(=O)n1-c1ccccc1S(C)(=O)=O. The van der Waals surface area contributed by atoms with Crippen molar-refractivity contribution < 1.29 is 13.2 Å². The molecule has 3 heterocycles. The molecule has 0 spiro atoms. The number of rotatable bonds is 5. The average Bonchev–Trinajstić information content (AvgIpc) is 3.19. The molecule has 1 atom stereocenters. The third-order valence-corrected chi connectivity index (χ3v) is 7.43. The third kappa shape index (κ3) is 4.21. The summed E-state index contributed by atoms with van der Waals surface area (Å²) in [6.07, 6.45) is 4.20. The lowest BCUT2D eigenvalue weighted by molar-refractivity contribution is 0.0941. The molecule has 5 rings (SSSR count). The molecule has 1 amide bonds. The molecule has 188 valence electrons. The minimum Gasteiger partial charge on any atom is -0.381 e. The van der Waals surface area contributed by atoms with Gasteiger partial charge in [0.2, 0.25) is 0 Å². The molecule has 1 unspecified atom stereocenters. The molecule has 0 aliphatic heterocycles. The van der Waals surface area contributed by atoms with Crippen LogP contribution in [0.3, 0.4) is 0 Å². The largest absolute Gasteiger partial charge is 0.381 e. The molecular formula is C25H21ClN6O4S. The van der Waals surface area contributed by atoms with Gasteiger partial charge < -0.3 is 11.1 Å². The molecule has 12 heteroatoms. The number of fused-ring (bicyclic) bond motifs is 2. The van der Waals surface area contributed by atoms with Crippen LogP contribution in [0.4, 0.5) is 5.82 Å². The van der Waals surface area contributed by atoms with Gasteiger partial charge in [0.25, 0.3) is 11.5 Å². The van der Waals surface area contributed by atoms with Gasteiger partial charge >= 0.3 is 0 Å². The van der Waals surface area contributed by atoms with Crippen molar-refractivity contribution in [3.63, 3.8) is 0 Å². The number of hydrogen-bond acceptors (Lipinski definition) is 7. The van der Waals surface area contributed by atoms with E-state index in [1.165, 1.54) is 27.4 Å². The van der Waals surface area contributed by atoms with E-state index in [-0.39, 0.29) is 38.0 Å². The number of nitrogens with two attached hydrogens (primary N) is 1. The maximum atomic E-state index is 13.8. The van der Waals surface area contributed by atoms with Crippen LogP contribution in [0, 0.1) is 0 Å². The molecule has 0 bridgehead atoms. The zero-order valence-electron chi connectivity index (χ0n) is 19.7. The van der Waals surface area contributed by atoms with Crippen molar-refractivity contribution in [2.45, 2.75) is 17.9 Å². The van der Waals surface area contributed by atoms with E-state index in [1.807, 2.05) is 0 Å². The van der Waals surface area contributed by atoms with Crippen molar-refractivity contribution >= 4 is 49.6 Å². The summed E-state index contributed by atoms with van der Waals surface area (Å²) in [6.45, 7) is 1.68. The molecule has 0 fully saturated rings. The number of amides is 1. The van der Waals surface area contributed by atoms with E-state index in [2.05, 4.69) is 15.4 Å². The van der Waals surface area contributed by atoms with Crippen LogP contribution in [0.1, 0.15) is 29.0 Å². The molecule has 0 aliphatic rings. The molecular weight excluding hydrogens is 516 g/mol. The van der Waals surface area contributed by atoms with Crippen LogP contribution in [0.2, 0.25) is 5.02 Å². The van der Waals surface area contributed by atoms with E-state index in [4.69, 9.17) is 17.3 Å². The molecule has 3 aromatic heterocycles. The number of para-hydroxylation sites is 1. The standard InChI is InChI=1S/C25H21ClN6O4S/c1-14(29-24(33)21-22(27)30-31-12-6-11-28-23(21)31)18-13-15-7-5-8-16(26)20(15)25(34)32(18)17-9-3-4-10-19(17)37(2,35)36/h3-14H,1-2H3,(H2,27,30)(H,29,33). The van der Waals surface area contributed by atoms with Crippen molar-refractivity contribution in [2.75, 3.05) is 12.0 Å². The fourth-order valence-electron chi connectivity index (χ4n) is 4.33. The minimum atomic E-state index is -3.71. The number of aromatic nitrogens is 4. The Balaban J connectivity index is 1.71. The second-order valence-corrected chi connectivity index (χ2v) is 10.9. The minimum absolute atomic E-state index is 0.00601. The number of nitrogen functional groups attached to an aromatic ring is 1. The van der Waals surface area contributed by atoms with E-state index in [0.29, 0.717) is 11.1 Å². The molecule has 0 aliphatic carbocycles. The van der Waals surface area contributed by atoms with Crippen LogP contribution in [-0.2, 0) is 9.84 Å². The number of nitrogens with one attached hydrogen (secondary N) is 1. The predicted octanol–water partition coefficient (Wildman–Crippen LogP) is 3.16. The van der Waals surface area contributed by atoms with Crippen molar-refractivity contribution in [1.29, 1.82) is 0 Å². The van der Waals surface area contributed by atoms with E-state index in [0.717, 1.165) is 6.26 Å². The highest BCUT2D eigenvalue weighted by molar-refractivity contribution is 7.90. The number of benzene rings is 2. The van der Waals surface area contributed by atoms with Crippen LogP contribution >= 0.6 is 11.6 Å².